The van der Waals surface area contributed by atoms with Crippen molar-refractivity contribution in [3.05, 3.63) is 138 Å². The van der Waals surface area contributed by atoms with Gasteiger partial charge < -0.3 is 4.42 Å². The fraction of sp³-hybridized carbons (Fsp3) is 0.182. The Morgan fingerprint density at radius 2 is 1.52 bits per heavy atom. The molecule has 0 N–H and O–H groups in total. The summed E-state index contributed by atoms with van der Waals surface area (Å²) in [4.78, 5) is 0. The van der Waals surface area contributed by atoms with Crippen molar-refractivity contribution in [3.63, 3.8) is 0 Å². The van der Waals surface area contributed by atoms with E-state index in [4.69, 9.17) is 4.42 Å². The lowest BCUT2D eigenvalue weighted by Crippen LogP contribution is -2.61. The van der Waals surface area contributed by atoms with Crippen LogP contribution in [0.4, 0.5) is 4.39 Å². The molecule has 1 atom stereocenters. The maximum absolute atomic E-state index is 13.8. The molecule has 10 rings (SSSR count). The molecular formula is C44H38FN3OSi+2. The van der Waals surface area contributed by atoms with Crippen LogP contribution in [0, 0.1) is 12.7 Å². The molecule has 0 bridgehead atoms. The summed E-state index contributed by atoms with van der Waals surface area (Å²) in [7, 11) is -1.72. The molecule has 0 amide bonds. The highest BCUT2D eigenvalue weighted by Crippen LogP contribution is 2.55. The van der Waals surface area contributed by atoms with Crippen LogP contribution in [0.25, 0.3) is 66.7 Å². The normalized spacial score (nSPS) is 16.2. The quantitative estimate of drug-likeness (QED) is 0.136. The zero-order valence-corrected chi connectivity index (χ0v) is 30.2. The van der Waals surface area contributed by atoms with Crippen LogP contribution in [-0.2, 0) is 5.66 Å². The first kappa shape index (κ1) is 29.6. The molecule has 2 aliphatic heterocycles. The van der Waals surface area contributed by atoms with Crippen LogP contribution in [-0.4, -0.2) is 12.6 Å². The smallest absolute Gasteiger partial charge is 0.364 e. The molecule has 0 aliphatic carbocycles. The van der Waals surface area contributed by atoms with Gasteiger partial charge in [-0.1, -0.05) is 62.1 Å². The summed E-state index contributed by atoms with van der Waals surface area (Å²) >= 11 is 0. The molecule has 0 fully saturated rings. The molecule has 1 unspecified atom stereocenters. The largest absolute Gasteiger partial charge is 0.455 e. The fourth-order valence-corrected chi connectivity index (χ4v) is 10.9. The Hall–Kier alpha value is -5.33. The van der Waals surface area contributed by atoms with E-state index in [-0.39, 0.29) is 11.9 Å². The number of aromatic nitrogens is 3. The first-order chi connectivity index (χ1) is 24.1. The minimum Gasteiger partial charge on any atom is -0.455 e. The molecule has 50 heavy (non-hydrogen) atoms. The second-order valence-electron chi connectivity index (χ2n) is 15.4. The van der Waals surface area contributed by atoms with Crippen molar-refractivity contribution >= 4 is 46.2 Å². The second kappa shape index (κ2) is 9.89. The van der Waals surface area contributed by atoms with Gasteiger partial charge in [-0.05, 0) is 98.1 Å². The molecule has 6 heteroatoms. The first-order valence-electron chi connectivity index (χ1n) is 17.6. The number of nitrogens with zero attached hydrogens (tertiary/aromatic N) is 3. The van der Waals surface area contributed by atoms with Crippen molar-refractivity contribution in [2.24, 2.45) is 0 Å². The third kappa shape index (κ3) is 3.64. The summed E-state index contributed by atoms with van der Waals surface area (Å²) in [5.74, 6) is 0.923. The fourth-order valence-electron chi connectivity index (χ4n) is 9.13. The zero-order valence-electron chi connectivity index (χ0n) is 29.2. The van der Waals surface area contributed by atoms with Crippen LogP contribution in [0.1, 0.15) is 36.6 Å². The van der Waals surface area contributed by atoms with Crippen LogP contribution < -0.4 is 14.3 Å². The van der Waals surface area contributed by atoms with Gasteiger partial charge >= 0.3 is 11.5 Å². The van der Waals surface area contributed by atoms with E-state index in [0.29, 0.717) is 0 Å². The number of imidazole rings is 1. The summed E-state index contributed by atoms with van der Waals surface area (Å²) in [6.07, 6.45) is 2.49. The lowest BCUT2D eigenvalue weighted by atomic mass is 9.88. The minimum atomic E-state index is -1.72. The summed E-state index contributed by atoms with van der Waals surface area (Å²) in [6.45, 7) is 14.2. The molecule has 8 aromatic rings. The zero-order chi connectivity index (χ0) is 34.3. The van der Waals surface area contributed by atoms with E-state index in [2.05, 4.69) is 145 Å². The third-order valence-electron chi connectivity index (χ3n) is 11.1. The van der Waals surface area contributed by atoms with Gasteiger partial charge in [-0.15, -0.1) is 4.57 Å². The molecule has 2 aliphatic rings. The van der Waals surface area contributed by atoms with E-state index in [1.165, 1.54) is 56.3 Å². The van der Waals surface area contributed by atoms with Gasteiger partial charge in [-0.2, -0.15) is 4.57 Å². The summed E-state index contributed by atoms with van der Waals surface area (Å²) in [5.41, 5.74) is 13.0. The average Bonchev–Trinajstić information content (AvgIpc) is 3.80. The first-order valence-corrected chi connectivity index (χ1v) is 21.1. The number of rotatable bonds is 3. The minimum absolute atomic E-state index is 0.195. The second-order valence-corrected chi connectivity index (χ2v) is 20.4. The number of halogens is 1. The van der Waals surface area contributed by atoms with Crippen LogP contribution in [0.2, 0.25) is 19.6 Å². The molecule has 4 nitrogen and oxygen atoms in total. The molecule has 5 aromatic carbocycles. The van der Waals surface area contributed by atoms with Gasteiger partial charge in [0.2, 0.25) is 5.69 Å². The van der Waals surface area contributed by atoms with Gasteiger partial charge in [0, 0.05) is 22.0 Å². The highest BCUT2D eigenvalue weighted by molar-refractivity contribution is 6.88. The van der Waals surface area contributed by atoms with E-state index < -0.39 is 13.7 Å². The van der Waals surface area contributed by atoms with E-state index in [9.17, 15) is 4.39 Å². The molecule has 244 valence electrons. The maximum atomic E-state index is 13.8. The highest BCUT2D eigenvalue weighted by Gasteiger charge is 2.67. The number of pyridine rings is 1. The van der Waals surface area contributed by atoms with Gasteiger partial charge in [-0.25, -0.2) is 8.96 Å². The number of furan rings is 1. The predicted octanol–water partition coefficient (Wildman–Crippen LogP) is 9.61. The van der Waals surface area contributed by atoms with Crippen molar-refractivity contribution < 1.29 is 17.9 Å². The molecule has 1 spiro atoms. The van der Waals surface area contributed by atoms with E-state index in [1.807, 2.05) is 12.1 Å². The Bertz CT molecular complexity index is 2750. The summed E-state index contributed by atoms with van der Waals surface area (Å²) in [6, 6.07) is 38.1. The SMILES string of the molecule is Cc1cc2[n+](cc1[Si](C)(C)C)C1(c3ccccc3-2)c2ccc3c(oc4ccc(-c5ccc(F)cc5)cc43)c2-c2n1c1ccccc1[n+]2C(C)C. The molecule has 0 saturated carbocycles. The van der Waals surface area contributed by atoms with Crippen molar-refractivity contribution in [3.8, 4) is 33.8 Å². The standard InChI is InChI=1S/C44H38FN3OSi/c1-26(2)47-36-13-9-10-14-37(36)48-43(47)41-35(21-20-31-33-24-29(17-22-39(33)49-42(31)41)28-15-18-30(45)19-16-28)44(48)34-12-8-7-11-32(34)38-23-27(3)40(25-46(38)44)50(4,5)6/h7-26H,1-6H3/q+2. The molecular weight excluding hydrogens is 634 g/mol. The predicted molar refractivity (Wildman–Crippen MR) is 202 cm³/mol. The van der Waals surface area contributed by atoms with Crippen molar-refractivity contribution in [2.45, 2.75) is 52.1 Å². The van der Waals surface area contributed by atoms with E-state index in [1.54, 1.807) is 0 Å². The number of para-hydroxylation sites is 2. The Kier molecular flexibility index (Phi) is 5.85. The Morgan fingerprint density at radius 1 is 0.780 bits per heavy atom. The molecule has 3 aromatic heterocycles. The lowest BCUT2D eigenvalue weighted by molar-refractivity contribution is -0.735. The molecule has 0 saturated heterocycles. The van der Waals surface area contributed by atoms with Crippen LogP contribution in [0.15, 0.2) is 120 Å². The number of benzene rings is 5. The monoisotopic (exact) mass is 671 g/mol. The van der Waals surface area contributed by atoms with E-state index in [0.717, 1.165) is 44.5 Å². The third-order valence-corrected chi connectivity index (χ3v) is 13.2. The lowest BCUT2D eigenvalue weighted by Gasteiger charge is -2.23. The molecule has 5 heterocycles. The number of hydrogen-bond acceptors (Lipinski definition) is 1. The van der Waals surface area contributed by atoms with E-state index >= 15 is 0 Å². The van der Waals surface area contributed by atoms with Crippen molar-refractivity contribution in [2.75, 3.05) is 0 Å². The Balaban J connectivity index is 1.39. The van der Waals surface area contributed by atoms with Crippen LogP contribution in [0.5, 0.6) is 0 Å². The summed E-state index contributed by atoms with van der Waals surface area (Å²) in [5, 5.41) is 3.60. The van der Waals surface area contributed by atoms with Gasteiger partial charge in [0.05, 0.1) is 30.8 Å². The molecule has 0 radical (unpaired) electrons. The van der Waals surface area contributed by atoms with Crippen LogP contribution >= 0.6 is 0 Å². The average molecular weight is 672 g/mol. The van der Waals surface area contributed by atoms with Crippen LogP contribution in [0.3, 0.4) is 0 Å². The highest BCUT2D eigenvalue weighted by atomic mass is 28.3. The topological polar surface area (TPSA) is 25.8 Å². The number of hydrogen-bond donors (Lipinski definition) is 0. The van der Waals surface area contributed by atoms with Gasteiger partial charge in [0.15, 0.2) is 22.8 Å². The van der Waals surface area contributed by atoms with Gasteiger partial charge in [-0.3, -0.25) is 0 Å². The maximum Gasteiger partial charge on any atom is 0.364 e. The summed E-state index contributed by atoms with van der Waals surface area (Å²) < 4.78 is 28.5. The van der Waals surface area contributed by atoms with Gasteiger partial charge in [0.25, 0.3) is 0 Å². The Morgan fingerprint density at radius 3 is 2.30 bits per heavy atom. The number of aryl methyl sites for hydroxylation is 1. The van der Waals surface area contributed by atoms with Gasteiger partial charge in [0.1, 0.15) is 17.0 Å². The Labute approximate surface area is 291 Å². The number of fused-ring (bicyclic) bond motifs is 16. The van der Waals surface area contributed by atoms with Crippen molar-refractivity contribution in [1.82, 2.24) is 4.57 Å². The van der Waals surface area contributed by atoms with Crippen molar-refractivity contribution in [1.29, 1.82) is 0 Å².